The molecule has 0 spiro atoms. The number of rotatable bonds is 4. The fourth-order valence-corrected chi connectivity index (χ4v) is 1.38. The van der Waals surface area contributed by atoms with E-state index < -0.39 is 0 Å². The summed E-state index contributed by atoms with van der Waals surface area (Å²) in [5, 5.41) is 0. The van der Waals surface area contributed by atoms with Gasteiger partial charge in [0, 0.05) is 12.0 Å². The minimum atomic E-state index is 0.443. The van der Waals surface area contributed by atoms with Crippen LogP contribution in [0.15, 0.2) is 24.3 Å². The first-order valence-electron chi connectivity index (χ1n) is 5.14. The highest BCUT2D eigenvalue weighted by molar-refractivity contribution is 5.28. The molecule has 2 rings (SSSR count). The van der Waals surface area contributed by atoms with Crippen LogP contribution in [-0.2, 0) is 6.54 Å². The van der Waals surface area contributed by atoms with Crippen LogP contribution in [-0.4, -0.2) is 6.61 Å². The summed E-state index contributed by atoms with van der Waals surface area (Å²) >= 11 is 0. The van der Waals surface area contributed by atoms with Gasteiger partial charge >= 0.3 is 0 Å². The maximum atomic E-state index is 5.72. The van der Waals surface area contributed by atoms with Crippen molar-refractivity contribution in [3.8, 4) is 5.75 Å². The molecule has 2 N–H and O–H groups in total. The van der Waals surface area contributed by atoms with Crippen molar-refractivity contribution in [2.24, 2.45) is 11.1 Å². The lowest BCUT2D eigenvalue weighted by Crippen LogP contribution is -2.09. The number of benzene rings is 1. The minimum Gasteiger partial charge on any atom is -0.493 e. The Morgan fingerprint density at radius 3 is 2.86 bits per heavy atom. The fraction of sp³-hybridized carbons (Fsp3) is 0.500. The van der Waals surface area contributed by atoms with Crippen LogP contribution in [0.4, 0.5) is 0 Å². The van der Waals surface area contributed by atoms with Gasteiger partial charge in [-0.05, 0) is 30.5 Å². The third-order valence-electron chi connectivity index (χ3n) is 2.82. The molecule has 0 aliphatic heterocycles. The Hall–Kier alpha value is -1.02. The van der Waals surface area contributed by atoms with Crippen molar-refractivity contribution in [3.63, 3.8) is 0 Å². The number of ether oxygens (including phenoxy) is 1. The smallest absolute Gasteiger partial charge is 0.119 e. The summed E-state index contributed by atoms with van der Waals surface area (Å²) in [5.41, 5.74) is 7.13. The van der Waals surface area contributed by atoms with Gasteiger partial charge in [-0.25, -0.2) is 0 Å². The van der Waals surface area contributed by atoms with E-state index in [-0.39, 0.29) is 0 Å². The SMILES string of the molecule is CC1(COc2cccc(CN)c2)CC1. The number of hydrogen-bond donors (Lipinski definition) is 1. The van der Waals surface area contributed by atoms with Gasteiger partial charge in [0.05, 0.1) is 6.61 Å². The molecule has 1 aromatic rings. The summed E-state index contributed by atoms with van der Waals surface area (Å²) in [6.07, 6.45) is 2.59. The van der Waals surface area contributed by atoms with Crippen LogP contribution in [0.5, 0.6) is 5.75 Å². The van der Waals surface area contributed by atoms with E-state index in [0.717, 1.165) is 17.9 Å². The Morgan fingerprint density at radius 1 is 1.43 bits per heavy atom. The van der Waals surface area contributed by atoms with E-state index in [0.29, 0.717) is 12.0 Å². The lowest BCUT2D eigenvalue weighted by atomic mass is 10.2. The molecule has 2 nitrogen and oxygen atoms in total. The van der Waals surface area contributed by atoms with E-state index in [1.807, 2.05) is 24.3 Å². The molecule has 1 aliphatic carbocycles. The van der Waals surface area contributed by atoms with Crippen molar-refractivity contribution in [1.29, 1.82) is 0 Å². The quantitative estimate of drug-likeness (QED) is 0.792. The largest absolute Gasteiger partial charge is 0.493 e. The number of nitrogens with two attached hydrogens (primary N) is 1. The van der Waals surface area contributed by atoms with Crippen molar-refractivity contribution in [3.05, 3.63) is 29.8 Å². The summed E-state index contributed by atoms with van der Waals surface area (Å²) in [4.78, 5) is 0. The second-order valence-corrected chi connectivity index (χ2v) is 4.45. The van der Waals surface area contributed by atoms with Crippen LogP contribution in [0.1, 0.15) is 25.3 Å². The van der Waals surface area contributed by atoms with Crippen LogP contribution >= 0.6 is 0 Å². The van der Waals surface area contributed by atoms with Crippen LogP contribution < -0.4 is 10.5 Å². The molecule has 2 heteroatoms. The molecular weight excluding hydrogens is 174 g/mol. The standard InChI is InChI=1S/C12H17NO/c1-12(5-6-12)9-14-11-4-2-3-10(7-11)8-13/h2-4,7H,5-6,8-9,13H2,1H3. The number of hydrogen-bond acceptors (Lipinski definition) is 2. The van der Waals surface area contributed by atoms with Crippen molar-refractivity contribution < 1.29 is 4.74 Å². The van der Waals surface area contributed by atoms with Gasteiger partial charge in [0.25, 0.3) is 0 Å². The normalized spacial score (nSPS) is 17.9. The molecule has 76 valence electrons. The lowest BCUT2D eigenvalue weighted by molar-refractivity contribution is 0.247. The average Bonchev–Trinajstić information content (AvgIpc) is 2.95. The van der Waals surface area contributed by atoms with E-state index in [2.05, 4.69) is 6.92 Å². The Kier molecular flexibility index (Phi) is 2.46. The fourth-order valence-electron chi connectivity index (χ4n) is 1.38. The van der Waals surface area contributed by atoms with Gasteiger partial charge in [0.2, 0.25) is 0 Å². The topological polar surface area (TPSA) is 35.2 Å². The summed E-state index contributed by atoms with van der Waals surface area (Å²) in [7, 11) is 0. The van der Waals surface area contributed by atoms with Crippen molar-refractivity contribution >= 4 is 0 Å². The first-order chi connectivity index (χ1) is 6.72. The summed E-state index contributed by atoms with van der Waals surface area (Å²) in [5.74, 6) is 0.945. The van der Waals surface area contributed by atoms with Crippen molar-refractivity contribution in [2.75, 3.05) is 6.61 Å². The maximum Gasteiger partial charge on any atom is 0.119 e. The van der Waals surface area contributed by atoms with Gasteiger partial charge in [-0.1, -0.05) is 19.1 Å². The molecule has 1 fully saturated rings. The monoisotopic (exact) mass is 191 g/mol. The predicted octanol–water partition coefficient (Wildman–Crippen LogP) is 2.32. The molecule has 0 radical (unpaired) electrons. The molecule has 0 unspecified atom stereocenters. The van der Waals surface area contributed by atoms with Crippen molar-refractivity contribution in [2.45, 2.75) is 26.3 Å². The zero-order chi connectivity index (χ0) is 10.0. The minimum absolute atomic E-state index is 0.443. The zero-order valence-corrected chi connectivity index (χ0v) is 8.62. The molecule has 0 aromatic heterocycles. The highest BCUT2D eigenvalue weighted by atomic mass is 16.5. The first-order valence-corrected chi connectivity index (χ1v) is 5.14. The first kappa shape index (κ1) is 9.53. The van der Waals surface area contributed by atoms with Crippen LogP contribution in [0.2, 0.25) is 0 Å². The van der Waals surface area contributed by atoms with E-state index in [9.17, 15) is 0 Å². The van der Waals surface area contributed by atoms with Gasteiger partial charge < -0.3 is 10.5 Å². The molecule has 1 saturated carbocycles. The van der Waals surface area contributed by atoms with E-state index in [1.54, 1.807) is 0 Å². The zero-order valence-electron chi connectivity index (χ0n) is 8.62. The van der Waals surface area contributed by atoms with E-state index in [1.165, 1.54) is 12.8 Å². The van der Waals surface area contributed by atoms with E-state index in [4.69, 9.17) is 10.5 Å². The molecule has 0 saturated heterocycles. The third-order valence-corrected chi connectivity index (χ3v) is 2.82. The molecule has 0 bridgehead atoms. The molecule has 0 atom stereocenters. The Morgan fingerprint density at radius 2 is 2.21 bits per heavy atom. The summed E-state index contributed by atoms with van der Waals surface area (Å²) in [6.45, 7) is 3.68. The summed E-state index contributed by atoms with van der Waals surface area (Å²) < 4.78 is 5.72. The lowest BCUT2D eigenvalue weighted by Gasteiger charge is -2.11. The average molecular weight is 191 g/mol. The molecule has 14 heavy (non-hydrogen) atoms. The van der Waals surface area contributed by atoms with Gasteiger partial charge in [-0.15, -0.1) is 0 Å². The second kappa shape index (κ2) is 3.62. The Balaban J connectivity index is 1.94. The molecular formula is C12H17NO. The van der Waals surface area contributed by atoms with Crippen LogP contribution in [0.3, 0.4) is 0 Å². The Labute approximate surface area is 85.1 Å². The van der Waals surface area contributed by atoms with Gasteiger partial charge in [-0.2, -0.15) is 0 Å². The molecule has 1 aliphatic rings. The highest BCUT2D eigenvalue weighted by Crippen LogP contribution is 2.45. The van der Waals surface area contributed by atoms with Gasteiger partial charge in [0.1, 0.15) is 5.75 Å². The second-order valence-electron chi connectivity index (χ2n) is 4.45. The van der Waals surface area contributed by atoms with Crippen LogP contribution in [0, 0.1) is 5.41 Å². The van der Waals surface area contributed by atoms with Gasteiger partial charge in [0.15, 0.2) is 0 Å². The van der Waals surface area contributed by atoms with Crippen LogP contribution in [0.25, 0.3) is 0 Å². The van der Waals surface area contributed by atoms with E-state index >= 15 is 0 Å². The summed E-state index contributed by atoms with van der Waals surface area (Å²) in [6, 6.07) is 8.02. The van der Waals surface area contributed by atoms with Gasteiger partial charge in [-0.3, -0.25) is 0 Å². The Bertz CT molecular complexity index is 318. The maximum absolute atomic E-state index is 5.72. The molecule has 0 heterocycles. The van der Waals surface area contributed by atoms with Crippen molar-refractivity contribution in [1.82, 2.24) is 0 Å². The molecule has 0 amide bonds. The highest BCUT2D eigenvalue weighted by Gasteiger charge is 2.38. The third kappa shape index (κ3) is 2.26. The predicted molar refractivity (Wildman–Crippen MR) is 57.2 cm³/mol. The molecule has 1 aromatic carbocycles.